The van der Waals surface area contributed by atoms with Gasteiger partial charge in [0.25, 0.3) is 0 Å². The molecule has 0 saturated heterocycles. The second-order valence-corrected chi connectivity index (χ2v) is 4.24. The third-order valence-corrected chi connectivity index (χ3v) is 3.08. The van der Waals surface area contributed by atoms with E-state index < -0.39 is 0 Å². The lowest BCUT2D eigenvalue weighted by Crippen LogP contribution is -2.20. The molecule has 0 radical (unpaired) electrons. The van der Waals surface area contributed by atoms with Crippen molar-refractivity contribution in [3.63, 3.8) is 0 Å². The third kappa shape index (κ3) is 2.18. The number of nitrogens with one attached hydrogen (secondary N) is 1. The Balaban J connectivity index is 2.04. The fourth-order valence-electron chi connectivity index (χ4n) is 2.21. The van der Waals surface area contributed by atoms with Crippen molar-refractivity contribution in [2.45, 2.75) is 6.04 Å². The highest BCUT2D eigenvalue weighted by Gasteiger charge is 2.19. The molecule has 4 heteroatoms. The van der Waals surface area contributed by atoms with E-state index in [2.05, 4.69) is 10.4 Å². The molecule has 19 heavy (non-hydrogen) atoms. The van der Waals surface area contributed by atoms with Gasteiger partial charge in [0.1, 0.15) is 11.8 Å². The van der Waals surface area contributed by atoms with E-state index in [-0.39, 0.29) is 6.04 Å². The first-order valence-corrected chi connectivity index (χ1v) is 6.20. The van der Waals surface area contributed by atoms with Gasteiger partial charge in [-0.3, -0.25) is 0 Å². The minimum absolute atomic E-state index is 0.0160. The minimum atomic E-state index is -0.0160. The van der Waals surface area contributed by atoms with Crippen molar-refractivity contribution in [2.24, 2.45) is 0 Å². The van der Waals surface area contributed by atoms with Gasteiger partial charge in [0.15, 0.2) is 0 Å². The number of hydrogen-bond donors (Lipinski definition) is 1. The van der Waals surface area contributed by atoms with Crippen LogP contribution in [0.5, 0.6) is 0 Å². The first kappa shape index (κ1) is 11.7. The van der Waals surface area contributed by atoms with E-state index in [1.54, 1.807) is 12.5 Å². The first-order chi connectivity index (χ1) is 9.40. The molecule has 0 aliphatic heterocycles. The number of aromatic nitrogens is 2. The minimum Gasteiger partial charge on any atom is -0.467 e. The monoisotopic (exact) mass is 253 g/mol. The lowest BCUT2D eigenvalue weighted by atomic mass is 10.1. The quantitative estimate of drug-likeness (QED) is 0.777. The molecule has 0 bridgehead atoms. The molecular formula is C15H15N3O. The van der Waals surface area contributed by atoms with Gasteiger partial charge in [-0.2, -0.15) is 5.10 Å². The normalized spacial score (nSPS) is 12.5. The van der Waals surface area contributed by atoms with Crippen molar-refractivity contribution in [1.29, 1.82) is 0 Å². The van der Waals surface area contributed by atoms with E-state index >= 15 is 0 Å². The number of nitrogens with zero attached hydrogens (tertiary/aromatic N) is 2. The van der Waals surface area contributed by atoms with Crippen LogP contribution in [0.2, 0.25) is 0 Å². The summed E-state index contributed by atoms with van der Waals surface area (Å²) in [6, 6.07) is 15.9. The predicted molar refractivity (Wildman–Crippen MR) is 73.2 cm³/mol. The highest BCUT2D eigenvalue weighted by molar-refractivity contribution is 5.34. The molecule has 0 fully saturated rings. The molecule has 1 aromatic carbocycles. The van der Waals surface area contributed by atoms with Crippen LogP contribution in [-0.2, 0) is 0 Å². The zero-order chi connectivity index (χ0) is 13.1. The lowest BCUT2D eigenvalue weighted by molar-refractivity contribution is 0.454. The molecule has 4 nitrogen and oxygen atoms in total. The van der Waals surface area contributed by atoms with E-state index in [4.69, 9.17) is 4.42 Å². The first-order valence-electron chi connectivity index (χ1n) is 6.20. The molecule has 0 amide bonds. The standard InChI is InChI=1S/C15H15N3O/c1-16-15(14-8-5-11-19-14)13-9-10-17-18(13)12-6-3-2-4-7-12/h2-11,15-16H,1H3. The van der Waals surface area contributed by atoms with Gasteiger partial charge in [-0.1, -0.05) is 18.2 Å². The summed E-state index contributed by atoms with van der Waals surface area (Å²) < 4.78 is 7.42. The summed E-state index contributed by atoms with van der Waals surface area (Å²) in [4.78, 5) is 0. The number of para-hydroxylation sites is 1. The number of benzene rings is 1. The van der Waals surface area contributed by atoms with Crippen molar-refractivity contribution in [2.75, 3.05) is 7.05 Å². The van der Waals surface area contributed by atoms with Gasteiger partial charge in [0.2, 0.25) is 0 Å². The zero-order valence-corrected chi connectivity index (χ0v) is 10.7. The van der Waals surface area contributed by atoms with Crippen molar-refractivity contribution < 1.29 is 4.42 Å². The summed E-state index contributed by atoms with van der Waals surface area (Å²) in [6.07, 6.45) is 3.48. The van der Waals surface area contributed by atoms with Crippen LogP contribution in [0, 0.1) is 0 Å². The van der Waals surface area contributed by atoms with Crippen molar-refractivity contribution in [1.82, 2.24) is 15.1 Å². The summed E-state index contributed by atoms with van der Waals surface area (Å²) in [5.41, 5.74) is 2.08. The Bertz CT molecular complexity index is 628. The Kier molecular flexibility index (Phi) is 3.16. The Morgan fingerprint density at radius 3 is 2.63 bits per heavy atom. The molecule has 1 unspecified atom stereocenters. The molecule has 2 aromatic heterocycles. The van der Waals surface area contributed by atoms with Crippen LogP contribution in [0.1, 0.15) is 17.5 Å². The van der Waals surface area contributed by atoms with E-state index in [0.717, 1.165) is 17.1 Å². The summed E-state index contributed by atoms with van der Waals surface area (Å²) >= 11 is 0. The topological polar surface area (TPSA) is 43.0 Å². The van der Waals surface area contributed by atoms with Crippen molar-refractivity contribution >= 4 is 0 Å². The fraction of sp³-hybridized carbons (Fsp3) is 0.133. The molecule has 0 aliphatic carbocycles. The zero-order valence-electron chi connectivity index (χ0n) is 10.7. The smallest absolute Gasteiger partial charge is 0.126 e. The van der Waals surface area contributed by atoms with Gasteiger partial charge in [-0.05, 0) is 37.4 Å². The highest BCUT2D eigenvalue weighted by atomic mass is 16.3. The molecule has 2 heterocycles. The fourth-order valence-corrected chi connectivity index (χ4v) is 2.21. The van der Waals surface area contributed by atoms with Crippen molar-refractivity contribution in [3.8, 4) is 5.69 Å². The maximum absolute atomic E-state index is 5.50. The van der Waals surface area contributed by atoms with Gasteiger partial charge in [0.05, 0.1) is 17.6 Å². The highest BCUT2D eigenvalue weighted by Crippen LogP contribution is 2.23. The number of furan rings is 1. The molecule has 3 rings (SSSR count). The molecule has 96 valence electrons. The maximum Gasteiger partial charge on any atom is 0.126 e. The Labute approximate surface area is 111 Å². The summed E-state index contributed by atoms with van der Waals surface area (Å²) in [6.45, 7) is 0. The van der Waals surface area contributed by atoms with Crippen LogP contribution in [0.25, 0.3) is 5.69 Å². The molecule has 0 aliphatic rings. The van der Waals surface area contributed by atoms with E-state index in [1.165, 1.54) is 0 Å². The van der Waals surface area contributed by atoms with Crippen LogP contribution >= 0.6 is 0 Å². The van der Waals surface area contributed by atoms with Crippen LogP contribution in [0.15, 0.2) is 65.4 Å². The molecule has 0 saturated carbocycles. The van der Waals surface area contributed by atoms with Gasteiger partial charge in [0, 0.05) is 6.20 Å². The Morgan fingerprint density at radius 1 is 1.11 bits per heavy atom. The Hall–Kier alpha value is -2.33. The second-order valence-electron chi connectivity index (χ2n) is 4.24. The molecule has 1 atom stereocenters. The van der Waals surface area contributed by atoms with E-state index in [1.807, 2.05) is 60.3 Å². The van der Waals surface area contributed by atoms with E-state index in [9.17, 15) is 0 Å². The average Bonchev–Trinajstić information content (AvgIpc) is 3.12. The largest absolute Gasteiger partial charge is 0.467 e. The molecule has 0 spiro atoms. The molecular weight excluding hydrogens is 238 g/mol. The Morgan fingerprint density at radius 2 is 1.95 bits per heavy atom. The van der Waals surface area contributed by atoms with Crippen molar-refractivity contribution in [3.05, 3.63) is 72.4 Å². The van der Waals surface area contributed by atoms with Gasteiger partial charge in [-0.15, -0.1) is 0 Å². The van der Waals surface area contributed by atoms with Gasteiger partial charge in [-0.25, -0.2) is 4.68 Å². The number of hydrogen-bond acceptors (Lipinski definition) is 3. The average molecular weight is 253 g/mol. The molecule has 3 aromatic rings. The van der Waals surface area contributed by atoms with Crippen LogP contribution in [-0.4, -0.2) is 16.8 Å². The van der Waals surface area contributed by atoms with E-state index in [0.29, 0.717) is 0 Å². The second kappa shape index (κ2) is 5.12. The summed E-state index contributed by atoms with van der Waals surface area (Å²) in [5, 5.41) is 7.66. The summed E-state index contributed by atoms with van der Waals surface area (Å²) in [7, 11) is 1.91. The maximum atomic E-state index is 5.50. The molecule has 1 N–H and O–H groups in total. The third-order valence-electron chi connectivity index (χ3n) is 3.08. The van der Waals surface area contributed by atoms with Gasteiger partial charge < -0.3 is 9.73 Å². The SMILES string of the molecule is CNC(c1ccco1)c1ccnn1-c1ccccc1. The number of rotatable bonds is 4. The van der Waals surface area contributed by atoms with Crippen LogP contribution < -0.4 is 5.32 Å². The lowest BCUT2D eigenvalue weighted by Gasteiger charge is -2.15. The van der Waals surface area contributed by atoms with Gasteiger partial charge >= 0.3 is 0 Å². The predicted octanol–water partition coefficient (Wildman–Crippen LogP) is 2.77. The summed E-state index contributed by atoms with van der Waals surface area (Å²) in [5.74, 6) is 0.875. The van der Waals surface area contributed by atoms with Crippen LogP contribution in [0.3, 0.4) is 0 Å². The van der Waals surface area contributed by atoms with Crippen LogP contribution in [0.4, 0.5) is 0 Å².